The molecule has 0 aliphatic heterocycles. The van der Waals surface area contributed by atoms with Crippen LogP contribution >= 0.6 is 0 Å². The fourth-order valence-electron chi connectivity index (χ4n) is 1.96. The van der Waals surface area contributed by atoms with E-state index in [2.05, 4.69) is 11.8 Å². The van der Waals surface area contributed by atoms with Gasteiger partial charge in [0.05, 0.1) is 0 Å². The van der Waals surface area contributed by atoms with Gasteiger partial charge >= 0.3 is 0 Å². The van der Waals surface area contributed by atoms with Crippen molar-refractivity contribution in [3.05, 3.63) is 0 Å². The molecule has 0 heterocycles. The molecule has 84 valence electrons. The monoisotopic (exact) mass is 214 g/mol. The quantitative estimate of drug-likeness (QED) is 0.659. The predicted molar refractivity (Wildman–Crippen MR) is 54.6 cm³/mol. The molecule has 0 amide bonds. The Balaban J connectivity index is 2.41. The summed E-state index contributed by atoms with van der Waals surface area (Å²) in [5.74, 6) is 2.36. The zero-order chi connectivity index (χ0) is 11.3. The van der Waals surface area contributed by atoms with Gasteiger partial charge in [0, 0.05) is 31.6 Å². The van der Waals surface area contributed by atoms with Crippen LogP contribution in [0.5, 0.6) is 0 Å². The number of ketones is 1. The molecule has 3 heteroatoms. The van der Waals surface area contributed by atoms with E-state index in [-0.39, 0.29) is 18.6 Å². The van der Waals surface area contributed by atoms with Gasteiger partial charge in [-0.15, -0.1) is 11.8 Å². The highest BCUT2D eigenvalue weighted by atomic mass is 19.3. The van der Waals surface area contributed by atoms with Crippen molar-refractivity contribution >= 4 is 5.78 Å². The Bertz CT molecular complexity index is 286. The number of hydrogen-bond donors (Lipinski definition) is 0. The van der Waals surface area contributed by atoms with Crippen LogP contribution in [0.2, 0.25) is 0 Å². The molecule has 1 aliphatic rings. The molecule has 0 aromatic rings. The smallest absolute Gasteiger partial charge is 0.248 e. The van der Waals surface area contributed by atoms with Gasteiger partial charge in [0.1, 0.15) is 5.78 Å². The van der Waals surface area contributed by atoms with Gasteiger partial charge in [-0.1, -0.05) is 0 Å². The van der Waals surface area contributed by atoms with E-state index in [4.69, 9.17) is 0 Å². The van der Waals surface area contributed by atoms with Crippen LogP contribution < -0.4 is 0 Å². The van der Waals surface area contributed by atoms with Gasteiger partial charge in [-0.05, 0) is 19.8 Å². The standard InChI is InChI=1S/C12H16F2O/c1-2-3-4-7-11(15)10-6-5-8-12(13,14)9-10/h10H,4-9H2,1H3. The molecule has 1 unspecified atom stereocenters. The van der Waals surface area contributed by atoms with Crippen molar-refractivity contribution < 1.29 is 13.6 Å². The first kappa shape index (κ1) is 12.2. The Hall–Kier alpha value is -0.910. The third-order valence-electron chi connectivity index (χ3n) is 2.77. The molecule has 0 saturated heterocycles. The second-order valence-corrected chi connectivity index (χ2v) is 4.04. The second-order valence-electron chi connectivity index (χ2n) is 4.04. The first-order valence-corrected chi connectivity index (χ1v) is 5.35. The van der Waals surface area contributed by atoms with E-state index >= 15 is 0 Å². The van der Waals surface area contributed by atoms with Gasteiger partial charge in [0.15, 0.2) is 0 Å². The van der Waals surface area contributed by atoms with Crippen LogP contribution in [0.4, 0.5) is 8.78 Å². The van der Waals surface area contributed by atoms with E-state index in [1.807, 2.05) is 0 Å². The minimum absolute atomic E-state index is 0.0443. The molecular formula is C12H16F2O. The summed E-state index contributed by atoms with van der Waals surface area (Å²) < 4.78 is 26.0. The van der Waals surface area contributed by atoms with E-state index in [9.17, 15) is 13.6 Å². The summed E-state index contributed by atoms with van der Waals surface area (Å²) in [6.07, 6.45) is 1.58. The highest BCUT2D eigenvalue weighted by Crippen LogP contribution is 2.37. The SMILES string of the molecule is CC#CCCC(=O)C1CCCC(F)(F)C1. The van der Waals surface area contributed by atoms with E-state index in [0.29, 0.717) is 25.7 Å². The summed E-state index contributed by atoms with van der Waals surface area (Å²) in [6, 6.07) is 0. The Kier molecular flexibility index (Phi) is 4.26. The second kappa shape index (κ2) is 5.25. The van der Waals surface area contributed by atoms with Gasteiger partial charge in [-0.3, -0.25) is 4.79 Å². The van der Waals surface area contributed by atoms with Crippen molar-refractivity contribution in [2.75, 3.05) is 0 Å². The normalized spacial score (nSPS) is 24.1. The predicted octanol–water partition coefficient (Wildman–Crippen LogP) is 3.18. The van der Waals surface area contributed by atoms with E-state index in [1.165, 1.54) is 0 Å². The van der Waals surface area contributed by atoms with Gasteiger partial charge in [0.25, 0.3) is 0 Å². The highest BCUT2D eigenvalue weighted by molar-refractivity contribution is 5.81. The topological polar surface area (TPSA) is 17.1 Å². The lowest BCUT2D eigenvalue weighted by Crippen LogP contribution is -2.30. The summed E-state index contributed by atoms with van der Waals surface area (Å²) in [4.78, 5) is 11.6. The van der Waals surface area contributed by atoms with Crippen LogP contribution in [0.25, 0.3) is 0 Å². The number of carbonyl (C=O) groups excluding carboxylic acids is 1. The first-order valence-electron chi connectivity index (χ1n) is 5.35. The minimum Gasteiger partial charge on any atom is -0.299 e. The number of halogens is 2. The maximum atomic E-state index is 13.0. The number of hydrogen-bond acceptors (Lipinski definition) is 1. The fourth-order valence-corrected chi connectivity index (χ4v) is 1.96. The maximum Gasteiger partial charge on any atom is 0.248 e. The van der Waals surface area contributed by atoms with Crippen molar-refractivity contribution in [1.82, 2.24) is 0 Å². The molecule has 15 heavy (non-hydrogen) atoms. The van der Waals surface area contributed by atoms with Crippen LogP contribution in [0.1, 0.15) is 45.4 Å². The minimum atomic E-state index is -2.63. The molecule has 0 N–H and O–H groups in total. The van der Waals surface area contributed by atoms with Gasteiger partial charge in [-0.25, -0.2) is 8.78 Å². The average Bonchev–Trinajstić information content (AvgIpc) is 2.16. The zero-order valence-electron chi connectivity index (χ0n) is 8.98. The fraction of sp³-hybridized carbons (Fsp3) is 0.750. The first-order chi connectivity index (χ1) is 7.05. The highest BCUT2D eigenvalue weighted by Gasteiger charge is 2.38. The van der Waals surface area contributed by atoms with Crippen molar-refractivity contribution in [2.45, 2.75) is 51.4 Å². The number of Topliss-reactive ketones (excluding diaryl/α,β-unsaturated/α-hetero) is 1. The molecule has 1 saturated carbocycles. The summed E-state index contributed by atoms with van der Waals surface area (Å²) in [5.41, 5.74) is 0. The van der Waals surface area contributed by atoms with Crippen LogP contribution in [0.3, 0.4) is 0 Å². The molecule has 0 radical (unpaired) electrons. The van der Waals surface area contributed by atoms with E-state index < -0.39 is 11.8 Å². The van der Waals surface area contributed by atoms with Crippen LogP contribution in [-0.2, 0) is 4.79 Å². The number of alkyl halides is 2. The number of rotatable bonds is 3. The lowest BCUT2D eigenvalue weighted by molar-refractivity contribution is -0.130. The van der Waals surface area contributed by atoms with Crippen molar-refractivity contribution in [1.29, 1.82) is 0 Å². The molecule has 1 nitrogen and oxygen atoms in total. The van der Waals surface area contributed by atoms with Gasteiger partial charge in [0.2, 0.25) is 5.92 Å². The molecule has 0 spiro atoms. The van der Waals surface area contributed by atoms with Crippen LogP contribution in [0.15, 0.2) is 0 Å². The summed E-state index contributed by atoms with van der Waals surface area (Å²) in [7, 11) is 0. The third-order valence-corrected chi connectivity index (χ3v) is 2.77. The third kappa shape index (κ3) is 3.99. The number of carbonyl (C=O) groups is 1. The Morgan fingerprint density at radius 2 is 2.27 bits per heavy atom. The van der Waals surface area contributed by atoms with Crippen molar-refractivity contribution in [2.24, 2.45) is 5.92 Å². The largest absolute Gasteiger partial charge is 0.299 e. The van der Waals surface area contributed by atoms with Gasteiger partial charge < -0.3 is 0 Å². The Labute approximate surface area is 89.2 Å². The molecule has 1 rings (SSSR count). The summed E-state index contributed by atoms with van der Waals surface area (Å²) in [6.45, 7) is 1.71. The van der Waals surface area contributed by atoms with Crippen LogP contribution in [-0.4, -0.2) is 11.7 Å². The van der Waals surface area contributed by atoms with Crippen molar-refractivity contribution in [3.8, 4) is 11.8 Å². The average molecular weight is 214 g/mol. The lowest BCUT2D eigenvalue weighted by Gasteiger charge is -2.27. The Morgan fingerprint density at radius 1 is 1.53 bits per heavy atom. The molecule has 0 bridgehead atoms. The molecule has 1 aliphatic carbocycles. The maximum absolute atomic E-state index is 13.0. The van der Waals surface area contributed by atoms with E-state index in [1.54, 1.807) is 6.92 Å². The molecular weight excluding hydrogens is 198 g/mol. The van der Waals surface area contributed by atoms with Crippen molar-refractivity contribution in [3.63, 3.8) is 0 Å². The molecule has 0 aromatic carbocycles. The molecule has 1 atom stereocenters. The van der Waals surface area contributed by atoms with E-state index in [0.717, 1.165) is 0 Å². The molecule has 0 aromatic heterocycles. The van der Waals surface area contributed by atoms with Crippen LogP contribution in [0, 0.1) is 17.8 Å². The Morgan fingerprint density at radius 3 is 2.87 bits per heavy atom. The summed E-state index contributed by atoms with van der Waals surface area (Å²) >= 11 is 0. The molecule has 1 fully saturated rings. The van der Waals surface area contributed by atoms with Gasteiger partial charge in [-0.2, -0.15) is 0 Å². The zero-order valence-corrected chi connectivity index (χ0v) is 8.98. The summed E-state index contributed by atoms with van der Waals surface area (Å²) in [5, 5.41) is 0. The lowest BCUT2D eigenvalue weighted by atomic mass is 9.82.